The monoisotopic (exact) mass is 260 g/mol. The zero-order valence-electron chi connectivity index (χ0n) is 11.1. The summed E-state index contributed by atoms with van der Waals surface area (Å²) < 4.78 is 11.4. The van der Waals surface area contributed by atoms with Crippen molar-refractivity contribution in [2.45, 2.75) is 38.2 Å². The van der Waals surface area contributed by atoms with Gasteiger partial charge >= 0.3 is 0 Å². The molecule has 3 nitrogen and oxygen atoms in total. The first-order chi connectivity index (χ1) is 9.33. The van der Waals surface area contributed by atoms with Gasteiger partial charge in [0.2, 0.25) is 0 Å². The van der Waals surface area contributed by atoms with E-state index in [9.17, 15) is 5.11 Å². The third-order valence-corrected chi connectivity index (χ3v) is 3.71. The van der Waals surface area contributed by atoms with Crippen molar-refractivity contribution in [1.82, 2.24) is 0 Å². The summed E-state index contributed by atoms with van der Waals surface area (Å²) in [5, 5.41) is 9.87. The summed E-state index contributed by atoms with van der Waals surface area (Å²) in [5.41, 5.74) is 2.37. The van der Waals surface area contributed by atoms with Gasteiger partial charge in [-0.3, -0.25) is 0 Å². The second-order valence-corrected chi connectivity index (χ2v) is 5.22. The van der Waals surface area contributed by atoms with Crippen LogP contribution in [0, 0.1) is 0 Å². The predicted molar refractivity (Wildman–Crippen MR) is 74.5 cm³/mol. The van der Waals surface area contributed by atoms with Crippen molar-refractivity contribution in [2.24, 2.45) is 0 Å². The number of hydrogen-bond donors (Lipinski definition) is 1. The van der Waals surface area contributed by atoms with Crippen molar-refractivity contribution in [1.29, 1.82) is 0 Å². The largest absolute Gasteiger partial charge is 0.490 e. The number of rotatable bonds is 1. The summed E-state index contributed by atoms with van der Waals surface area (Å²) >= 11 is 0. The fraction of sp³-hybridized carbons (Fsp3) is 0.500. The van der Waals surface area contributed by atoms with E-state index in [0.29, 0.717) is 13.2 Å². The Hall–Kier alpha value is -1.48. The second kappa shape index (κ2) is 5.66. The number of aliphatic hydroxyl groups is 1. The molecule has 0 amide bonds. The smallest absolute Gasteiger partial charge is 0.161 e. The molecule has 19 heavy (non-hydrogen) atoms. The summed E-state index contributed by atoms with van der Waals surface area (Å²) in [6, 6.07) is 6.09. The summed E-state index contributed by atoms with van der Waals surface area (Å²) in [6.07, 6.45) is 6.72. The third kappa shape index (κ3) is 2.92. The predicted octanol–water partition coefficient (Wildman–Crippen LogP) is 3.17. The lowest BCUT2D eigenvalue weighted by molar-refractivity contribution is 0.211. The Bertz CT molecular complexity index is 479. The van der Waals surface area contributed by atoms with Crippen LogP contribution in [0.2, 0.25) is 0 Å². The van der Waals surface area contributed by atoms with E-state index in [2.05, 4.69) is 6.07 Å². The highest BCUT2D eigenvalue weighted by Gasteiger charge is 2.15. The highest BCUT2D eigenvalue weighted by Crippen LogP contribution is 2.35. The summed E-state index contributed by atoms with van der Waals surface area (Å²) in [6.45, 7) is 1.42. The standard InChI is InChI=1S/C16H20O3/c17-14-5-2-1-4-12(10-14)13-6-7-15-16(11-13)19-9-3-8-18-15/h6-7,10-11,14,17H,1-5,8-9H2. The van der Waals surface area contributed by atoms with Crippen LogP contribution in [0.5, 0.6) is 11.5 Å². The number of hydrogen-bond acceptors (Lipinski definition) is 3. The van der Waals surface area contributed by atoms with Crippen molar-refractivity contribution in [3.05, 3.63) is 29.8 Å². The molecule has 1 heterocycles. The van der Waals surface area contributed by atoms with Crippen molar-refractivity contribution in [3.63, 3.8) is 0 Å². The number of allylic oxidation sites excluding steroid dienone is 1. The molecule has 1 aromatic rings. The molecule has 0 radical (unpaired) electrons. The molecule has 3 heteroatoms. The molecule has 1 aromatic carbocycles. The molecule has 2 aliphatic rings. The first-order valence-corrected chi connectivity index (χ1v) is 7.12. The SMILES string of the molecule is OC1C=C(c2ccc3c(c2)OCCCO3)CCCC1. The van der Waals surface area contributed by atoms with Crippen LogP contribution in [0.3, 0.4) is 0 Å². The maximum atomic E-state index is 9.87. The summed E-state index contributed by atoms with van der Waals surface area (Å²) in [5.74, 6) is 1.66. The number of fused-ring (bicyclic) bond motifs is 1. The molecule has 1 aliphatic carbocycles. The first-order valence-electron chi connectivity index (χ1n) is 7.12. The van der Waals surface area contributed by atoms with Gasteiger partial charge in [-0.25, -0.2) is 0 Å². The number of benzene rings is 1. The molecule has 0 bridgehead atoms. The minimum atomic E-state index is -0.312. The Kier molecular flexibility index (Phi) is 3.74. The highest BCUT2D eigenvalue weighted by molar-refractivity contribution is 5.68. The van der Waals surface area contributed by atoms with Crippen molar-refractivity contribution in [2.75, 3.05) is 13.2 Å². The Morgan fingerprint density at radius 1 is 1.00 bits per heavy atom. The van der Waals surface area contributed by atoms with Gasteiger partial charge in [0.1, 0.15) is 0 Å². The van der Waals surface area contributed by atoms with Crippen molar-refractivity contribution in [3.8, 4) is 11.5 Å². The van der Waals surface area contributed by atoms with Gasteiger partial charge in [-0.05, 0) is 42.5 Å². The molecule has 0 spiro atoms. The number of aliphatic hydroxyl groups excluding tert-OH is 1. The Balaban J connectivity index is 1.90. The molecule has 1 N–H and O–H groups in total. The first kappa shape index (κ1) is 12.5. The molecule has 1 atom stereocenters. The molecule has 0 aromatic heterocycles. The average molecular weight is 260 g/mol. The van der Waals surface area contributed by atoms with E-state index in [1.807, 2.05) is 18.2 Å². The van der Waals surface area contributed by atoms with Crippen LogP contribution in [-0.2, 0) is 0 Å². The van der Waals surface area contributed by atoms with Crippen LogP contribution in [-0.4, -0.2) is 24.4 Å². The van der Waals surface area contributed by atoms with Crippen LogP contribution in [0.25, 0.3) is 5.57 Å². The molecule has 3 rings (SSSR count). The van der Waals surface area contributed by atoms with Crippen LogP contribution in [0.4, 0.5) is 0 Å². The van der Waals surface area contributed by atoms with E-state index >= 15 is 0 Å². The van der Waals surface area contributed by atoms with Gasteiger partial charge in [-0.1, -0.05) is 18.6 Å². The minimum Gasteiger partial charge on any atom is -0.490 e. The third-order valence-electron chi connectivity index (χ3n) is 3.71. The normalized spacial score (nSPS) is 23.2. The average Bonchev–Trinajstić information content (AvgIpc) is 2.77. The lowest BCUT2D eigenvalue weighted by Crippen LogP contribution is -2.00. The molecular weight excluding hydrogens is 240 g/mol. The Morgan fingerprint density at radius 3 is 2.74 bits per heavy atom. The second-order valence-electron chi connectivity index (χ2n) is 5.22. The number of ether oxygens (including phenoxy) is 2. The Labute approximate surface area is 113 Å². The van der Waals surface area contributed by atoms with Crippen molar-refractivity contribution < 1.29 is 14.6 Å². The zero-order chi connectivity index (χ0) is 13.1. The van der Waals surface area contributed by atoms with Gasteiger partial charge in [0.15, 0.2) is 11.5 Å². The molecule has 102 valence electrons. The molecule has 1 unspecified atom stereocenters. The topological polar surface area (TPSA) is 38.7 Å². The van der Waals surface area contributed by atoms with Gasteiger partial charge in [-0.2, -0.15) is 0 Å². The van der Waals surface area contributed by atoms with E-state index in [0.717, 1.165) is 49.2 Å². The van der Waals surface area contributed by atoms with Gasteiger partial charge in [0.25, 0.3) is 0 Å². The van der Waals surface area contributed by atoms with E-state index in [1.165, 1.54) is 5.57 Å². The van der Waals surface area contributed by atoms with E-state index < -0.39 is 0 Å². The maximum Gasteiger partial charge on any atom is 0.161 e. The Morgan fingerprint density at radius 2 is 1.84 bits per heavy atom. The highest BCUT2D eigenvalue weighted by atomic mass is 16.5. The zero-order valence-corrected chi connectivity index (χ0v) is 11.1. The van der Waals surface area contributed by atoms with Crippen LogP contribution < -0.4 is 9.47 Å². The minimum absolute atomic E-state index is 0.312. The molecular formula is C16H20O3. The molecule has 0 saturated carbocycles. The van der Waals surface area contributed by atoms with Crippen LogP contribution in [0.1, 0.15) is 37.7 Å². The van der Waals surface area contributed by atoms with Gasteiger partial charge < -0.3 is 14.6 Å². The van der Waals surface area contributed by atoms with Gasteiger partial charge in [-0.15, -0.1) is 0 Å². The lowest BCUT2D eigenvalue weighted by Gasteiger charge is -2.11. The fourth-order valence-corrected chi connectivity index (χ4v) is 2.67. The van der Waals surface area contributed by atoms with Crippen LogP contribution in [0.15, 0.2) is 24.3 Å². The summed E-state index contributed by atoms with van der Waals surface area (Å²) in [7, 11) is 0. The maximum absolute atomic E-state index is 9.87. The quantitative estimate of drug-likeness (QED) is 0.843. The van der Waals surface area contributed by atoms with Crippen LogP contribution >= 0.6 is 0 Å². The van der Waals surface area contributed by atoms with E-state index in [1.54, 1.807) is 0 Å². The van der Waals surface area contributed by atoms with Crippen molar-refractivity contribution >= 4 is 5.57 Å². The lowest BCUT2D eigenvalue weighted by atomic mass is 10.0. The van der Waals surface area contributed by atoms with E-state index in [-0.39, 0.29) is 6.10 Å². The summed E-state index contributed by atoms with van der Waals surface area (Å²) in [4.78, 5) is 0. The fourth-order valence-electron chi connectivity index (χ4n) is 2.67. The molecule has 0 fully saturated rings. The van der Waals surface area contributed by atoms with Gasteiger partial charge in [0.05, 0.1) is 19.3 Å². The molecule has 1 aliphatic heterocycles. The molecule has 0 saturated heterocycles. The van der Waals surface area contributed by atoms with Gasteiger partial charge in [0, 0.05) is 6.42 Å². The van der Waals surface area contributed by atoms with E-state index in [4.69, 9.17) is 9.47 Å².